The van der Waals surface area contributed by atoms with Gasteiger partial charge in [-0.25, -0.2) is 4.68 Å². The molecule has 1 aliphatic heterocycles. The van der Waals surface area contributed by atoms with Gasteiger partial charge in [-0.3, -0.25) is 4.79 Å². The third kappa shape index (κ3) is 3.73. The highest BCUT2D eigenvalue weighted by Crippen LogP contribution is 2.16. The summed E-state index contributed by atoms with van der Waals surface area (Å²) in [5, 5.41) is 7.58. The highest BCUT2D eigenvalue weighted by atomic mass is 35.5. The number of nitrogens with zero attached hydrogens (tertiary/aromatic N) is 3. The number of rotatable bonds is 6. The van der Waals surface area contributed by atoms with Crippen molar-refractivity contribution in [2.24, 2.45) is 0 Å². The number of anilines is 1. The van der Waals surface area contributed by atoms with Gasteiger partial charge in [-0.2, -0.15) is 5.10 Å². The van der Waals surface area contributed by atoms with Crippen molar-refractivity contribution in [2.75, 3.05) is 31.5 Å². The number of hydrogen-bond acceptors (Lipinski definition) is 4. The van der Waals surface area contributed by atoms with Crippen LogP contribution in [0, 0.1) is 0 Å². The van der Waals surface area contributed by atoms with E-state index in [9.17, 15) is 4.79 Å². The number of halogens is 1. The average Bonchev–Trinajstić information content (AvgIpc) is 2.92. The van der Waals surface area contributed by atoms with Crippen molar-refractivity contribution < 1.29 is 0 Å². The second-order valence-corrected chi connectivity index (χ2v) is 5.92. The summed E-state index contributed by atoms with van der Waals surface area (Å²) in [5.41, 5.74) is 0.404. The minimum atomic E-state index is -0.230. The van der Waals surface area contributed by atoms with Crippen molar-refractivity contribution in [2.45, 2.75) is 39.2 Å². The molecule has 0 amide bonds. The van der Waals surface area contributed by atoms with Crippen molar-refractivity contribution in [3.05, 3.63) is 21.6 Å². The van der Waals surface area contributed by atoms with Crippen LogP contribution in [0.4, 0.5) is 5.69 Å². The molecule has 112 valence electrons. The number of aromatic nitrogens is 2. The maximum Gasteiger partial charge on any atom is 0.287 e. The molecule has 20 heavy (non-hydrogen) atoms. The van der Waals surface area contributed by atoms with E-state index < -0.39 is 0 Å². The van der Waals surface area contributed by atoms with Crippen LogP contribution in [0.25, 0.3) is 0 Å². The highest BCUT2D eigenvalue weighted by Gasteiger charge is 2.12. The third-order valence-electron chi connectivity index (χ3n) is 3.60. The Morgan fingerprint density at radius 3 is 2.75 bits per heavy atom. The standard InChI is InChI=1S/C14H23ClN4O/c1-11(2)19-14(20)13(15)12(10-17-19)16-6-5-9-18-7-3-4-8-18/h10-11,16H,3-9H2,1-2H3. The van der Waals surface area contributed by atoms with Crippen LogP contribution in [0.2, 0.25) is 5.02 Å². The van der Waals surface area contributed by atoms with Gasteiger partial charge >= 0.3 is 0 Å². The molecule has 0 radical (unpaired) electrons. The largest absolute Gasteiger partial charge is 0.382 e. The van der Waals surface area contributed by atoms with Gasteiger partial charge in [-0.05, 0) is 52.7 Å². The first kappa shape index (κ1) is 15.3. The normalized spacial score (nSPS) is 16.0. The van der Waals surface area contributed by atoms with E-state index in [1.165, 1.54) is 30.6 Å². The van der Waals surface area contributed by atoms with E-state index in [0.29, 0.717) is 5.69 Å². The van der Waals surface area contributed by atoms with E-state index in [2.05, 4.69) is 15.3 Å². The molecule has 1 aromatic rings. The van der Waals surface area contributed by atoms with Crippen LogP contribution in [0.15, 0.2) is 11.0 Å². The highest BCUT2D eigenvalue weighted by molar-refractivity contribution is 6.32. The Bertz CT molecular complexity index is 494. The van der Waals surface area contributed by atoms with Crippen LogP contribution >= 0.6 is 11.6 Å². The summed E-state index contributed by atoms with van der Waals surface area (Å²) in [5.74, 6) is 0. The lowest BCUT2D eigenvalue weighted by atomic mass is 10.3. The van der Waals surface area contributed by atoms with E-state index >= 15 is 0 Å². The van der Waals surface area contributed by atoms with Crippen LogP contribution in [0.3, 0.4) is 0 Å². The Morgan fingerprint density at radius 2 is 2.10 bits per heavy atom. The predicted molar refractivity (Wildman–Crippen MR) is 82.7 cm³/mol. The molecule has 2 rings (SSSR count). The van der Waals surface area contributed by atoms with Gasteiger partial charge in [0.1, 0.15) is 5.02 Å². The first-order valence-corrected chi connectivity index (χ1v) is 7.71. The maximum absolute atomic E-state index is 12.0. The van der Waals surface area contributed by atoms with Crippen molar-refractivity contribution in [1.29, 1.82) is 0 Å². The number of hydrogen-bond donors (Lipinski definition) is 1. The minimum Gasteiger partial charge on any atom is -0.382 e. The third-order valence-corrected chi connectivity index (χ3v) is 3.96. The maximum atomic E-state index is 12.0. The van der Waals surface area contributed by atoms with Gasteiger partial charge in [0.2, 0.25) is 0 Å². The van der Waals surface area contributed by atoms with Gasteiger partial charge in [0.25, 0.3) is 5.56 Å². The molecule has 0 aromatic carbocycles. The van der Waals surface area contributed by atoms with Crippen molar-refractivity contribution >= 4 is 17.3 Å². The molecule has 0 aliphatic carbocycles. The summed E-state index contributed by atoms with van der Waals surface area (Å²) < 4.78 is 1.40. The molecule has 0 unspecified atom stereocenters. The van der Waals surface area contributed by atoms with Crippen molar-refractivity contribution in [1.82, 2.24) is 14.7 Å². The van der Waals surface area contributed by atoms with Crippen molar-refractivity contribution in [3.8, 4) is 0 Å². The van der Waals surface area contributed by atoms with Crippen LogP contribution in [0.5, 0.6) is 0 Å². The minimum absolute atomic E-state index is 0.0178. The molecule has 0 atom stereocenters. The monoisotopic (exact) mass is 298 g/mol. The summed E-state index contributed by atoms with van der Waals surface area (Å²) in [7, 11) is 0. The molecule has 1 aromatic heterocycles. The van der Waals surface area contributed by atoms with Crippen LogP contribution in [-0.4, -0.2) is 40.9 Å². The molecule has 0 bridgehead atoms. The smallest absolute Gasteiger partial charge is 0.287 e. The van der Waals surface area contributed by atoms with Gasteiger partial charge in [0, 0.05) is 6.54 Å². The Morgan fingerprint density at radius 1 is 1.40 bits per heavy atom. The van der Waals surface area contributed by atoms with Gasteiger partial charge < -0.3 is 10.2 Å². The van der Waals surface area contributed by atoms with E-state index in [4.69, 9.17) is 11.6 Å². The molecule has 1 fully saturated rings. The average molecular weight is 299 g/mol. The van der Waals surface area contributed by atoms with Gasteiger partial charge in [0.15, 0.2) is 0 Å². The van der Waals surface area contributed by atoms with E-state index in [1.807, 2.05) is 13.8 Å². The quantitative estimate of drug-likeness (QED) is 0.819. The van der Waals surface area contributed by atoms with E-state index in [0.717, 1.165) is 19.5 Å². The predicted octanol–water partition coefficient (Wildman–Crippen LogP) is 2.38. The van der Waals surface area contributed by atoms with Crippen LogP contribution in [-0.2, 0) is 0 Å². The molecule has 1 aliphatic rings. The summed E-state index contributed by atoms with van der Waals surface area (Å²) in [6.07, 6.45) is 5.32. The van der Waals surface area contributed by atoms with Gasteiger partial charge in [-0.1, -0.05) is 11.6 Å². The molecule has 1 N–H and O–H groups in total. The second-order valence-electron chi connectivity index (χ2n) is 5.54. The molecule has 0 spiro atoms. The SMILES string of the molecule is CC(C)n1ncc(NCCCN2CCCC2)c(Cl)c1=O. The summed E-state index contributed by atoms with van der Waals surface area (Å²) >= 11 is 6.10. The Labute approximate surface area is 124 Å². The number of likely N-dealkylation sites (tertiary alicyclic amines) is 1. The van der Waals surface area contributed by atoms with Gasteiger partial charge in [-0.15, -0.1) is 0 Å². The first-order chi connectivity index (χ1) is 9.59. The second kappa shape index (κ2) is 7.09. The molecule has 1 saturated heterocycles. The number of nitrogens with one attached hydrogen (secondary N) is 1. The fourth-order valence-corrected chi connectivity index (χ4v) is 2.67. The fraction of sp³-hybridized carbons (Fsp3) is 0.714. The lowest BCUT2D eigenvalue weighted by Gasteiger charge is -2.15. The van der Waals surface area contributed by atoms with Crippen LogP contribution < -0.4 is 10.9 Å². The Balaban J connectivity index is 1.86. The Hall–Kier alpha value is -1.07. The van der Waals surface area contributed by atoms with E-state index in [1.54, 1.807) is 6.20 Å². The summed E-state index contributed by atoms with van der Waals surface area (Å²) in [4.78, 5) is 14.5. The zero-order valence-corrected chi connectivity index (χ0v) is 13.0. The topological polar surface area (TPSA) is 50.2 Å². The molecular formula is C14H23ClN4O. The molecule has 5 nitrogen and oxygen atoms in total. The lowest BCUT2D eigenvalue weighted by molar-refractivity contribution is 0.337. The molecule has 2 heterocycles. The summed E-state index contributed by atoms with van der Waals surface area (Å²) in [6, 6.07) is 0.0178. The molecule has 0 saturated carbocycles. The zero-order valence-electron chi connectivity index (χ0n) is 12.2. The fourth-order valence-electron chi connectivity index (χ4n) is 2.47. The molecular weight excluding hydrogens is 276 g/mol. The van der Waals surface area contributed by atoms with Crippen molar-refractivity contribution in [3.63, 3.8) is 0 Å². The summed E-state index contributed by atoms with van der Waals surface area (Å²) in [6.45, 7) is 8.16. The zero-order chi connectivity index (χ0) is 14.5. The van der Waals surface area contributed by atoms with Crippen LogP contribution in [0.1, 0.15) is 39.2 Å². The Kier molecular flexibility index (Phi) is 5.43. The lowest BCUT2D eigenvalue weighted by Crippen LogP contribution is -2.26. The first-order valence-electron chi connectivity index (χ1n) is 7.33. The van der Waals surface area contributed by atoms with Gasteiger partial charge in [0.05, 0.1) is 17.9 Å². The van der Waals surface area contributed by atoms with E-state index in [-0.39, 0.29) is 16.6 Å². The molecule has 6 heteroatoms.